The van der Waals surface area contributed by atoms with Crippen molar-refractivity contribution in [2.45, 2.75) is 62.0 Å². The van der Waals surface area contributed by atoms with Gasteiger partial charge in [0.2, 0.25) is 0 Å². The number of Topliss-reactive ketones (excluding diaryl/α,β-unsaturated/α-hetero) is 1. The van der Waals surface area contributed by atoms with Crippen LogP contribution in [0.3, 0.4) is 0 Å². The Morgan fingerprint density at radius 2 is 1.89 bits per heavy atom. The zero-order valence-corrected chi connectivity index (χ0v) is 15.8. The molecule has 1 aromatic rings. The molecule has 0 N–H and O–H groups in total. The Hall–Kier alpha value is -2.22. The zero-order chi connectivity index (χ0) is 19.0. The molecule has 3 aliphatic rings. The van der Waals surface area contributed by atoms with Crippen LogP contribution in [0.5, 0.6) is 0 Å². The molecule has 2 heterocycles. The third kappa shape index (κ3) is 3.38. The van der Waals surface area contributed by atoms with Crippen LogP contribution in [0.1, 0.15) is 50.5 Å². The number of hydrogen-bond acceptors (Lipinski definition) is 6. The predicted molar refractivity (Wildman–Crippen MR) is 97.9 cm³/mol. The van der Waals surface area contributed by atoms with Crippen LogP contribution in [0.25, 0.3) is 0 Å². The van der Waals surface area contributed by atoms with E-state index in [4.69, 9.17) is 4.74 Å². The van der Waals surface area contributed by atoms with Gasteiger partial charge < -0.3 is 9.64 Å². The van der Waals surface area contributed by atoms with Gasteiger partial charge >= 0.3 is 5.97 Å². The quantitative estimate of drug-likeness (QED) is 0.718. The number of piperidine rings is 1. The molecule has 2 fully saturated rings. The van der Waals surface area contributed by atoms with Crippen LogP contribution in [0.2, 0.25) is 0 Å². The molecule has 0 bridgehead atoms. The molecular weight excluding hydrogens is 368 g/mol. The maximum absolute atomic E-state index is 12.8. The Labute approximate surface area is 158 Å². The van der Waals surface area contributed by atoms with Crippen LogP contribution in [0, 0.1) is 0 Å². The molecule has 1 saturated heterocycles. The Balaban J connectivity index is 1.60. The van der Waals surface area contributed by atoms with Gasteiger partial charge in [-0.15, -0.1) is 4.40 Å². The molecule has 1 aliphatic carbocycles. The minimum atomic E-state index is -3.75. The van der Waals surface area contributed by atoms with Crippen molar-refractivity contribution in [1.82, 2.24) is 4.90 Å². The predicted octanol–water partition coefficient (Wildman–Crippen LogP) is 2.04. The summed E-state index contributed by atoms with van der Waals surface area (Å²) in [6.07, 6.45) is 4.30. The highest BCUT2D eigenvalue weighted by Crippen LogP contribution is 2.31. The molecule has 7 nitrogen and oxygen atoms in total. The van der Waals surface area contributed by atoms with Gasteiger partial charge in [0.15, 0.2) is 17.7 Å². The van der Waals surface area contributed by atoms with Gasteiger partial charge in [0.1, 0.15) is 10.9 Å². The first kappa shape index (κ1) is 18.2. The number of likely N-dealkylation sites (tertiary alicyclic amines) is 1. The van der Waals surface area contributed by atoms with E-state index in [1.54, 1.807) is 23.1 Å². The fraction of sp³-hybridized carbons (Fsp3) is 0.526. The number of amidine groups is 1. The number of nitrogens with zero attached hydrogens (tertiary/aromatic N) is 2. The molecule has 1 aromatic carbocycles. The Bertz CT molecular complexity index is 908. The fourth-order valence-electron chi connectivity index (χ4n) is 4.02. The molecule has 2 atom stereocenters. The summed E-state index contributed by atoms with van der Waals surface area (Å²) in [7, 11) is -3.75. The normalized spacial score (nSPS) is 27.0. The van der Waals surface area contributed by atoms with E-state index >= 15 is 0 Å². The van der Waals surface area contributed by atoms with E-state index in [0.29, 0.717) is 37.2 Å². The molecule has 0 amide bonds. The summed E-state index contributed by atoms with van der Waals surface area (Å²) < 4.78 is 34.2. The summed E-state index contributed by atoms with van der Waals surface area (Å²) in [6, 6.07) is 6.03. The summed E-state index contributed by atoms with van der Waals surface area (Å²) in [5.74, 6) is -0.176. The molecule has 4 rings (SSSR count). The van der Waals surface area contributed by atoms with E-state index < -0.39 is 28.1 Å². The van der Waals surface area contributed by atoms with Crippen LogP contribution >= 0.6 is 0 Å². The lowest BCUT2D eigenvalue weighted by molar-refractivity contribution is -0.161. The molecule has 0 unspecified atom stereocenters. The van der Waals surface area contributed by atoms with E-state index in [1.165, 1.54) is 6.07 Å². The molecular formula is C19H22N2O5S. The van der Waals surface area contributed by atoms with Crippen molar-refractivity contribution in [2.24, 2.45) is 4.40 Å². The highest BCUT2D eigenvalue weighted by molar-refractivity contribution is 7.90. The fourth-order valence-corrected chi connectivity index (χ4v) is 5.24. The van der Waals surface area contributed by atoms with E-state index in [2.05, 4.69) is 4.40 Å². The summed E-state index contributed by atoms with van der Waals surface area (Å²) in [5.41, 5.74) is 0.519. The average molecular weight is 390 g/mol. The number of carbonyl (C=O) groups excluding carboxylic acids is 2. The van der Waals surface area contributed by atoms with Crippen LogP contribution in [0.4, 0.5) is 0 Å². The number of ether oxygens (including phenoxy) is 1. The number of carbonyl (C=O) groups is 2. The van der Waals surface area contributed by atoms with Crippen LogP contribution in [-0.2, 0) is 24.3 Å². The molecule has 0 radical (unpaired) electrons. The molecule has 0 aromatic heterocycles. The van der Waals surface area contributed by atoms with Gasteiger partial charge in [0.05, 0.1) is 0 Å². The van der Waals surface area contributed by atoms with E-state index in [-0.39, 0.29) is 10.7 Å². The van der Waals surface area contributed by atoms with Crippen molar-refractivity contribution in [3.63, 3.8) is 0 Å². The van der Waals surface area contributed by atoms with Crippen molar-refractivity contribution >= 4 is 27.6 Å². The van der Waals surface area contributed by atoms with Gasteiger partial charge in [0.25, 0.3) is 10.0 Å². The Morgan fingerprint density at radius 3 is 2.70 bits per heavy atom. The topological polar surface area (TPSA) is 93.1 Å². The molecule has 0 spiro atoms. The van der Waals surface area contributed by atoms with Gasteiger partial charge in [-0.05, 0) is 50.7 Å². The number of esters is 1. The lowest BCUT2D eigenvalue weighted by Crippen LogP contribution is -2.50. The maximum Gasteiger partial charge on any atom is 0.329 e. The third-order valence-corrected chi connectivity index (χ3v) is 6.74. The molecule has 1 saturated carbocycles. The third-order valence-electron chi connectivity index (χ3n) is 5.42. The number of fused-ring (bicyclic) bond motifs is 1. The first-order chi connectivity index (χ1) is 13.0. The summed E-state index contributed by atoms with van der Waals surface area (Å²) in [6.45, 7) is 0.529. The minimum absolute atomic E-state index is 0.0249. The van der Waals surface area contributed by atoms with Crippen molar-refractivity contribution in [3.05, 3.63) is 29.8 Å². The molecule has 8 heteroatoms. The highest BCUT2D eigenvalue weighted by atomic mass is 32.2. The Kier molecular flexibility index (Phi) is 4.75. The number of sulfonamides is 1. The van der Waals surface area contributed by atoms with Gasteiger partial charge in [-0.1, -0.05) is 12.1 Å². The van der Waals surface area contributed by atoms with Crippen LogP contribution < -0.4 is 0 Å². The summed E-state index contributed by atoms with van der Waals surface area (Å²) in [5, 5.41) is 0. The largest absolute Gasteiger partial charge is 0.453 e. The van der Waals surface area contributed by atoms with Crippen molar-refractivity contribution in [3.8, 4) is 0 Å². The number of ketones is 1. The van der Waals surface area contributed by atoms with Crippen molar-refractivity contribution in [1.29, 1.82) is 0 Å². The first-order valence-corrected chi connectivity index (χ1v) is 10.9. The second kappa shape index (κ2) is 7.07. The zero-order valence-electron chi connectivity index (χ0n) is 15.0. The van der Waals surface area contributed by atoms with E-state index in [9.17, 15) is 18.0 Å². The maximum atomic E-state index is 12.8. The Morgan fingerprint density at radius 1 is 1.11 bits per heavy atom. The molecule has 2 aliphatic heterocycles. The van der Waals surface area contributed by atoms with Gasteiger partial charge in [0, 0.05) is 18.5 Å². The van der Waals surface area contributed by atoms with E-state index in [1.807, 2.05) is 0 Å². The second-order valence-corrected chi connectivity index (χ2v) is 8.80. The van der Waals surface area contributed by atoms with Gasteiger partial charge in [-0.25, -0.2) is 4.79 Å². The minimum Gasteiger partial charge on any atom is -0.453 e. The summed E-state index contributed by atoms with van der Waals surface area (Å²) in [4.78, 5) is 26.7. The molecule has 27 heavy (non-hydrogen) atoms. The highest BCUT2D eigenvalue weighted by Gasteiger charge is 2.39. The van der Waals surface area contributed by atoms with Crippen LogP contribution in [-0.4, -0.2) is 49.6 Å². The SMILES string of the molecule is O=C(O[C@@H]1CCCCC1=O)[C@H]1CCCCN1C1=NS(=O)(=O)c2ccccc21. The lowest BCUT2D eigenvalue weighted by Gasteiger charge is -2.36. The van der Waals surface area contributed by atoms with Gasteiger partial charge in [-0.2, -0.15) is 8.42 Å². The smallest absolute Gasteiger partial charge is 0.329 e. The van der Waals surface area contributed by atoms with Crippen molar-refractivity contribution in [2.75, 3.05) is 6.54 Å². The molecule has 144 valence electrons. The number of benzene rings is 1. The van der Waals surface area contributed by atoms with E-state index in [0.717, 1.165) is 25.7 Å². The first-order valence-electron chi connectivity index (χ1n) is 9.41. The standard InChI is InChI=1S/C19H22N2O5S/c22-15-9-2-3-10-16(15)26-19(23)14-8-5-6-12-21(14)18-13-7-1-4-11-17(13)27(24,25)20-18/h1,4,7,11,14,16H,2-3,5-6,8-10,12H2/t14-,16-/m1/s1. The number of hydrogen-bond donors (Lipinski definition) is 0. The number of rotatable bonds is 2. The van der Waals surface area contributed by atoms with Crippen LogP contribution in [0.15, 0.2) is 33.6 Å². The summed E-state index contributed by atoms with van der Waals surface area (Å²) >= 11 is 0. The average Bonchev–Trinajstić information content (AvgIpc) is 2.95. The monoisotopic (exact) mass is 390 g/mol. The van der Waals surface area contributed by atoms with Crippen molar-refractivity contribution < 1.29 is 22.7 Å². The second-order valence-electron chi connectivity index (χ2n) is 7.23. The lowest BCUT2D eigenvalue weighted by atomic mass is 9.96. The van der Waals surface area contributed by atoms with Gasteiger partial charge in [-0.3, -0.25) is 4.79 Å².